The van der Waals surface area contributed by atoms with Crippen molar-refractivity contribution in [3.05, 3.63) is 0 Å². The third kappa shape index (κ3) is 3.46. The number of carbonyl (C=O) groups is 2. The van der Waals surface area contributed by atoms with E-state index in [0.717, 1.165) is 12.8 Å². The van der Waals surface area contributed by atoms with Gasteiger partial charge in [0, 0.05) is 41.4 Å². The van der Waals surface area contributed by atoms with Gasteiger partial charge in [-0.25, -0.2) is 4.79 Å². The molecule has 0 spiro atoms. The number of hydrogen-bond donors (Lipinski definition) is 2. The van der Waals surface area contributed by atoms with E-state index in [1.165, 1.54) is 0 Å². The van der Waals surface area contributed by atoms with Crippen LogP contribution in [0.2, 0.25) is 0 Å². The number of rotatable bonds is 2. The third-order valence-electron chi connectivity index (χ3n) is 3.93. The predicted octanol–water partition coefficient (Wildman–Crippen LogP) is 0.260. The van der Waals surface area contributed by atoms with Gasteiger partial charge < -0.3 is 15.3 Å². The van der Waals surface area contributed by atoms with Crippen molar-refractivity contribution in [1.29, 1.82) is 0 Å². The smallest absolute Gasteiger partial charge is 0.317 e. The number of aliphatic carboxylic acids is 1. The number of urea groups is 1. The Bertz CT molecular complexity index is 391. The number of carboxylic acid groups (broad SMARTS) is 1. The fraction of sp³-hybridized carbons (Fsp3) is 0.833. The minimum atomic E-state index is -0.837. The zero-order chi connectivity index (χ0) is 14.0. The van der Waals surface area contributed by atoms with Crippen molar-refractivity contribution in [3.63, 3.8) is 0 Å². The Hall–Kier alpha value is -1.11. The molecule has 0 bridgehead atoms. The predicted molar refractivity (Wildman–Crippen MR) is 71.3 cm³/mol. The summed E-state index contributed by atoms with van der Waals surface area (Å²) in [4.78, 5) is 24.6. The lowest BCUT2D eigenvalue weighted by atomic mass is 9.99. The number of carboxylic acids is 1. The van der Waals surface area contributed by atoms with Crippen molar-refractivity contribution >= 4 is 22.8 Å². The normalized spacial score (nSPS) is 35.1. The fourth-order valence-electron chi connectivity index (χ4n) is 2.66. The Balaban J connectivity index is 1.84. The lowest BCUT2D eigenvalue weighted by Crippen LogP contribution is -2.46. The van der Waals surface area contributed by atoms with Crippen LogP contribution in [0.4, 0.5) is 4.79 Å². The van der Waals surface area contributed by atoms with Gasteiger partial charge in [0.15, 0.2) is 0 Å². The first-order valence-corrected chi connectivity index (χ1v) is 8.09. The van der Waals surface area contributed by atoms with Gasteiger partial charge in [-0.3, -0.25) is 9.00 Å². The second-order valence-electron chi connectivity index (χ2n) is 5.40. The monoisotopic (exact) mass is 288 g/mol. The van der Waals surface area contributed by atoms with Gasteiger partial charge >= 0.3 is 12.0 Å². The minimum Gasteiger partial charge on any atom is -0.481 e. The van der Waals surface area contributed by atoms with Gasteiger partial charge in [0.1, 0.15) is 0 Å². The van der Waals surface area contributed by atoms with E-state index in [0.29, 0.717) is 18.1 Å². The largest absolute Gasteiger partial charge is 0.481 e. The van der Waals surface area contributed by atoms with Crippen molar-refractivity contribution in [2.75, 3.05) is 24.6 Å². The number of carbonyl (C=O) groups excluding carboxylic acids is 1. The van der Waals surface area contributed by atoms with Crippen molar-refractivity contribution in [3.8, 4) is 0 Å². The second kappa shape index (κ2) is 5.90. The number of likely N-dealkylation sites (tertiary alicyclic amines) is 1. The topological polar surface area (TPSA) is 86.7 Å². The van der Waals surface area contributed by atoms with Gasteiger partial charge in [0.25, 0.3) is 0 Å². The average molecular weight is 288 g/mol. The molecule has 2 amide bonds. The van der Waals surface area contributed by atoms with Gasteiger partial charge in [-0.2, -0.15) is 0 Å². The van der Waals surface area contributed by atoms with E-state index in [4.69, 9.17) is 5.11 Å². The van der Waals surface area contributed by atoms with Gasteiger partial charge in [-0.1, -0.05) is 6.92 Å². The zero-order valence-electron chi connectivity index (χ0n) is 11.0. The summed E-state index contributed by atoms with van der Waals surface area (Å²) in [5.74, 6) is -0.0411. The molecule has 2 atom stereocenters. The second-order valence-corrected chi connectivity index (χ2v) is 7.09. The summed E-state index contributed by atoms with van der Waals surface area (Å²) in [6, 6.07) is -0.113. The number of amides is 2. The highest BCUT2D eigenvalue weighted by Crippen LogP contribution is 2.23. The first kappa shape index (κ1) is 14.3. The molecule has 0 aromatic carbocycles. The molecule has 2 heterocycles. The summed E-state index contributed by atoms with van der Waals surface area (Å²) in [7, 11) is -0.738. The molecule has 2 aliphatic rings. The van der Waals surface area contributed by atoms with Crippen LogP contribution in [0.5, 0.6) is 0 Å². The Labute approximate surface area is 115 Å². The number of nitrogens with one attached hydrogen (secondary N) is 1. The SMILES string of the molecule is CC1CN(C(=O)NC2CCS(=O)CC2)CC1C(=O)O. The molecule has 2 unspecified atom stereocenters. The summed E-state index contributed by atoms with van der Waals surface area (Å²) in [5, 5.41) is 12.0. The summed E-state index contributed by atoms with van der Waals surface area (Å²) in [6.07, 6.45) is 1.48. The summed E-state index contributed by atoms with van der Waals surface area (Å²) >= 11 is 0. The molecule has 2 fully saturated rings. The Morgan fingerprint density at radius 2 is 1.89 bits per heavy atom. The van der Waals surface area contributed by atoms with Crippen LogP contribution in [0.3, 0.4) is 0 Å². The third-order valence-corrected chi connectivity index (χ3v) is 5.31. The van der Waals surface area contributed by atoms with Crippen LogP contribution < -0.4 is 5.32 Å². The molecule has 0 aromatic heterocycles. The van der Waals surface area contributed by atoms with E-state index >= 15 is 0 Å². The Morgan fingerprint density at radius 3 is 2.42 bits per heavy atom. The van der Waals surface area contributed by atoms with Crippen LogP contribution in [0.15, 0.2) is 0 Å². The van der Waals surface area contributed by atoms with E-state index in [1.54, 1.807) is 4.90 Å². The van der Waals surface area contributed by atoms with Crippen LogP contribution in [-0.4, -0.2) is 56.9 Å². The van der Waals surface area contributed by atoms with E-state index in [9.17, 15) is 13.8 Å². The minimum absolute atomic E-state index is 0.0119. The van der Waals surface area contributed by atoms with Crippen LogP contribution in [0.25, 0.3) is 0 Å². The van der Waals surface area contributed by atoms with Crippen LogP contribution in [0.1, 0.15) is 19.8 Å². The molecule has 0 aliphatic carbocycles. The number of nitrogens with zero attached hydrogens (tertiary/aromatic N) is 1. The van der Waals surface area contributed by atoms with E-state index in [1.807, 2.05) is 6.92 Å². The Morgan fingerprint density at radius 1 is 1.26 bits per heavy atom. The first-order chi connectivity index (χ1) is 8.97. The van der Waals surface area contributed by atoms with E-state index < -0.39 is 22.7 Å². The molecule has 19 heavy (non-hydrogen) atoms. The molecular formula is C12H20N2O4S. The molecule has 2 N–H and O–H groups in total. The maximum atomic E-state index is 12.1. The summed E-state index contributed by atoms with van der Waals surface area (Å²) in [6.45, 7) is 2.62. The van der Waals surface area contributed by atoms with Crippen LogP contribution in [0, 0.1) is 11.8 Å². The molecule has 2 aliphatic heterocycles. The van der Waals surface area contributed by atoms with Crippen molar-refractivity contribution in [2.24, 2.45) is 11.8 Å². The first-order valence-electron chi connectivity index (χ1n) is 6.60. The highest BCUT2D eigenvalue weighted by Gasteiger charge is 2.37. The lowest BCUT2D eigenvalue weighted by Gasteiger charge is -2.25. The van der Waals surface area contributed by atoms with Crippen molar-refractivity contribution in [1.82, 2.24) is 10.2 Å². The quantitative estimate of drug-likeness (QED) is 0.763. The molecule has 2 saturated heterocycles. The van der Waals surface area contributed by atoms with Crippen molar-refractivity contribution in [2.45, 2.75) is 25.8 Å². The molecule has 2 rings (SSSR count). The summed E-state index contributed by atoms with van der Waals surface area (Å²) in [5.41, 5.74) is 0. The van der Waals surface area contributed by atoms with Gasteiger partial charge in [0.05, 0.1) is 5.92 Å². The van der Waals surface area contributed by atoms with Crippen molar-refractivity contribution < 1.29 is 18.9 Å². The van der Waals surface area contributed by atoms with E-state index in [2.05, 4.69) is 5.32 Å². The molecule has 7 heteroatoms. The standard InChI is InChI=1S/C12H20N2O4S/c1-8-6-14(7-10(8)11(15)16)12(17)13-9-2-4-19(18)5-3-9/h8-10H,2-7H2,1H3,(H,13,17)(H,15,16). The molecule has 0 saturated carbocycles. The summed E-state index contributed by atoms with van der Waals surface area (Å²) < 4.78 is 11.2. The van der Waals surface area contributed by atoms with E-state index in [-0.39, 0.29) is 24.5 Å². The van der Waals surface area contributed by atoms with Crippen LogP contribution >= 0.6 is 0 Å². The van der Waals surface area contributed by atoms with Gasteiger partial charge in [0.2, 0.25) is 0 Å². The molecular weight excluding hydrogens is 268 g/mol. The number of hydrogen-bond acceptors (Lipinski definition) is 3. The van der Waals surface area contributed by atoms with Gasteiger partial charge in [-0.15, -0.1) is 0 Å². The van der Waals surface area contributed by atoms with Crippen LogP contribution in [-0.2, 0) is 15.6 Å². The molecule has 108 valence electrons. The molecule has 0 aromatic rings. The maximum Gasteiger partial charge on any atom is 0.317 e. The van der Waals surface area contributed by atoms with Gasteiger partial charge in [-0.05, 0) is 18.8 Å². The Kier molecular flexibility index (Phi) is 4.44. The zero-order valence-corrected chi connectivity index (χ0v) is 11.8. The highest BCUT2D eigenvalue weighted by molar-refractivity contribution is 7.85. The molecule has 0 radical (unpaired) electrons. The fourth-order valence-corrected chi connectivity index (χ4v) is 3.96. The average Bonchev–Trinajstić information content (AvgIpc) is 2.74. The highest BCUT2D eigenvalue weighted by atomic mass is 32.2. The maximum absolute atomic E-state index is 12.1. The molecule has 6 nitrogen and oxygen atoms in total. The lowest BCUT2D eigenvalue weighted by molar-refractivity contribution is -0.142.